The Bertz CT molecular complexity index is 846. The summed E-state index contributed by atoms with van der Waals surface area (Å²) in [6, 6.07) is 16.0. The predicted octanol–water partition coefficient (Wildman–Crippen LogP) is 2.12. The Hall–Kier alpha value is -3.03. The number of carbonyl (C=O) groups excluding carboxylic acids is 3. The molecule has 2 atom stereocenters. The van der Waals surface area contributed by atoms with Gasteiger partial charge in [0.25, 0.3) is 11.8 Å². The van der Waals surface area contributed by atoms with Crippen LogP contribution >= 0.6 is 0 Å². The van der Waals surface area contributed by atoms with Gasteiger partial charge in [-0.25, -0.2) is 4.79 Å². The molecule has 0 radical (unpaired) electrons. The molecule has 0 N–H and O–H groups in total. The van der Waals surface area contributed by atoms with Gasteiger partial charge in [0.1, 0.15) is 0 Å². The van der Waals surface area contributed by atoms with E-state index in [0.29, 0.717) is 18.1 Å². The average molecular weight is 367 g/mol. The second kappa shape index (κ2) is 7.30. The van der Waals surface area contributed by atoms with Crippen LogP contribution in [0.5, 0.6) is 0 Å². The molecule has 2 unspecified atom stereocenters. The zero-order valence-electron chi connectivity index (χ0n) is 14.4. The number of imide groups is 1. The highest BCUT2D eigenvalue weighted by atomic mass is 16.7. The molecular weight excluding hydrogens is 350 g/mol. The molecule has 138 valence electrons. The van der Waals surface area contributed by atoms with E-state index in [1.807, 2.05) is 30.3 Å². The zero-order chi connectivity index (χ0) is 18.8. The fourth-order valence-corrected chi connectivity index (χ4v) is 3.07. The van der Waals surface area contributed by atoms with E-state index in [1.165, 1.54) is 12.1 Å². The summed E-state index contributed by atoms with van der Waals surface area (Å²) in [4.78, 5) is 41.8. The van der Waals surface area contributed by atoms with Crippen molar-refractivity contribution in [1.29, 1.82) is 0 Å². The Morgan fingerprint density at radius 3 is 2.30 bits per heavy atom. The van der Waals surface area contributed by atoms with Crippen LogP contribution in [-0.2, 0) is 25.7 Å². The third kappa shape index (κ3) is 3.47. The molecule has 1 fully saturated rings. The molecule has 27 heavy (non-hydrogen) atoms. The summed E-state index contributed by atoms with van der Waals surface area (Å²) in [6.07, 6.45) is -0.838. The zero-order valence-corrected chi connectivity index (χ0v) is 14.4. The number of nitrogens with zero attached hydrogens (tertiary/aromatic N) is 1. The molecule has 1 saturated heterocycles. The highest BCUT2D eigenvalue weighted by Crippen LogP contribution is 2.25. The number of ether oxygens (including phenoxy) is 2. The molecule has 0 bridgehead atoms. The molecule has 2 aromatic rings. The summed E-state index contributed by atoms with van der Waals surface area (Å²) in [5.74, 6) is -2.09. The first kappa shape index (κ1) is 17.4. The van der Waals surface area contributed by atoms with Gasteiger partial charge in [0.2, 0.25) is 0 Å². The SMILES string of the molecule is O=C(ON1C(=O)c2ccccc2C1=O)C1CC(OCc2ccccc2)CO1. The summed E-state index contributed by atoms with van der Waals surface area (Å²) in [7, 11) is 0. The number of hydroxylamine groups is 2. The minimum atomic E-state index is -0.880. The summed E-state index contributed by atoms with van der Waals surface area (Å²) >= 11 is 0. The molecule has 7 nitrogen and oxygen atoms in total. The monoisotopic (exact) mass is 367 g/mol. The smallest absolute Gasteiger partial charge is 0.361 e. The highest BCUT2D eigenvalue weighted by Gasteiger charge is 2.41. The van der Waals surface area contributed by atoms with E-state index in [9.17, 15) is 14.4 Å². The molecule has 0 aromatic heterocycles. The number of carbonyl (C=O) groups is 3. The molecule has 4 rings (SSSR count). The van der Waals surface area contributed by atoms with Crippen molar-refractivity contribution in [3.8, 4) is 0 Å². The summed E-state index contributed by atoms with van der Waals surface area (Å²) in [5, 5.41) is 0.495. The van der Waals surface area contributed by atoms with Crippen LogP contribution in [0.25, 0.3) is 0 Å². The van der Waals surface area contributed by atoms with Crippen LogP contribution in [0.15, 0.2) is 54.6 Å². The van der Waals surface area contributed by atoms with Crippen LogP contribution in [0.3, 0.4) is 0 Å². The Morgan fingerprint density at radius 1 is 1.00 bits per heavy atom. The lowest BCUT2D eigenvalue weighted by atomic mass is 10.1. The van der Waals surface area contributed by atoms with Gasteiger partial charge in [0.05, 0.1) is 30.4 Å². The third-order valence-corrected chi connectivity index (χ3v) is 4.49. The van der Waals surface area contributed by atoms with E-state index < -0.39 is 23.9 Å². The van der Waals surface area contributed by atoms with Crippen molar-refractivity contribution in [2.24, 2.45) is 0 Å². The first-order chi connectivity index (χ1) is 13.1. The van der Waals surface area contributed by atoms with Crippen molar-refractivity contribution in [3.63, 3.8) is 0 Å². The third-order valence-electron chi connectivity index (χ3n) is 4.49. The van der Waals surface area contributed by atoms with Crippen molar-refractivity contribution >= 4 is 17.8 Å². The van der Waals surface area contributed by atoms with Gasteiger partial charge in [-0.15, -0.1) is 0 Å². The van der Waals surface area contributed by atoms with Crippen molar-refractivity contribution < 1.29 is 28.7 Å². The number of hydrogen-bond donors (Lipinski definition) is 0. The van der Waals surface area contributed by atoms with Gasteiger partial charge in [-0.05, 0) is 17.7 Å². The fraction of sp³-hybridized carbons (Fsp3) is 0.250. The summed E-state index contributed by atoms with van der Waals surface area (Å²) < 4.78 is 11.2. The van der Waals surface area contributed by atoms with Gasteiger partial charge >= 0.3 is 5.97 Å². The molecule has 2 aromatic carbocycles. The van der Waals surface area contributed by atoms with Crippen LogP contribution in [0.2, 0.25) is 0 Å². The maximum Gasteiger partial charge on any atom is 0.361 e. The van der Waals surface area contributed by atoms with E-state index in [0.717, 1.165) is 5.56 Å². The normalized spacial score (nSPS) is 21.4. The molecular formula is C20H17NO6. The summed E-state index contributed by atoms with van der Waals surface area (Å²) in [6.45, 7) is 0.657. The highest BCUT2D eigenvalue weighted by molar-refractivity contribution is 6.20. The lowest BCUT2D eigenvalue weighted by Gasteiger charge is -2.15. The lowest BCUT2D eigenvalue weighted by Crippen LogP contribution is -2.36. The number of rotatable bonds is 5. The van der Waals surface area contributed by atoms with Crippen molar-refractivity contribution in [2.45, 2.75) is 25.2 Å². The molecule has 0 spiro atoms. The first-order valence-corrected chi connectivity index (χ1v) is 8.60. The van der Waals surface area contributed by atoms with Gasteiger partial charge < -0.3 is 14.3 Å². The Morgan fingerprint density at radius 2 is 1.63 bits per heavy atom. The standard InChI is InChI=1S/C20H17NO6/c22-18-15-8-4-5-9-16(15)19(23)21(18)27-20(24)17-10-14(12-26-17)25-11-13-6-2-1-3-7-13/h1-9,14,17H,10-12H2. The van der Waals surface area contributed by atoms with Crippen LogP contribution in [0, 0.1) is 0 Å². The van der Waals surface area contributed by atoms with E-state index in [2.05, 4.69) is 0 Å². The second-order valence-electron chi connectivity index (χ2n) is 6.34. The van der Waals surface area contributed by atoms with Gasteiger partial charge in [0.15, 0.2) is 6.10 Å². The molecule has 2 aliphatic rings. The quantitative estimate of drug-likeness (QED) is 0.753. The molecule has 7 heteroatoms. The van der Waals surface area contributed by atoms with Crippen LogP contribution in [0.4, 0.5) is 0 Å². The molecule has 0 saturated carbocycles. The first-order valence-electron chi connectivity index (χ1n) is 8.60. The summed E-state index contributed by atoms with van der Waals surface area (Å²) in [5.41, 5.74) is 1.45. The topological polar surface area (TPSA) is 82.1 Å². The van der Waals surface area contributed by atoms with E-state index in [-0.39, 0.29) is 23.8 Å². The fourth-order valence-electron chi connectivity index (χ4n) is 3.07. The van der Waals surface area contributed by atoms with E-state index in [1.54, 1.807) is 12.1 Å². The van der Waals surface area contributed by atoms with Gasteiger partial charge in [0, 0.05) is 6.42 Å². The van der Waals surface area contributed by atoms with Crippen LogP contribution in [-0.4, -0.2) is 41.7 Å². The van der Waals surface area contributed by atoms with Gasteiger partial charge in [-0.1, -0.05) is 47.5 Å². The van der Waals surface area contributed by atoms with Gasteiger partial charge in [-0.3, -0.25) is 9.59 Å². The van der Waals surface area contributed by atoms with Crippen molar-refractivity contribution in [2.75, 3.05) is 6.61 Å². The maximum atomic E-state index is 12.3. The Kier molecular flexibility index (Phi) is 4.70. The molecule has 0 aliphatic carbocycles. The van der Waals surface area contributed by atoms with Gasteiger partial charge in [-0.2, -0.15) is 0 Å². The lowest BCUT2D eigenvalue weighted by molar-refractivity contribution is -0.179. The van der Waals surface area contributed by atoms with Crippen LogP contribution < -0.4 is 0 Å². The Balaban J connectivity index is 1.32. The minimum Gasteiger partial charge on any atom is -0.371 e. The molecule has 2 heterocycles. The molecule has 2 aliphatic heterocycles. The molecule has 2 amide bonds. The number of benzene rings is 2. The number of amides is 2. The number of hydrogen-bond acceptors (Lipinski definition) is 6. The minimum absolute atomic E-state index is 0.215. The maximum absolute atomic E-state index is 12.3. The second-order valence-corrected chi connectivity index (χ2v) is 6.34. The van der Waals surface area contributed by atoms with Crippen molar-refractivity contribution in [1.82, 2.24) is 5.06 Å². The van der Waals surface area contributed by atoms with E-state index in [4.69, 9.17) is 14.3 Å². The van der Waals surface area contributed by atoms with Crippen LogP contribution in [0.1, 0.15) is 32.7 Å². The largest absolute Gasteiger partial charge is 0.371 e. The van der Waals surface area contributed by atoms with Crippen molar-refractivity contribution in [3.05, 3.63) is 71.3 Å². The van der Waals surface area contributed by atoms with E-state index >= 15 is 0 Å². The predicted molar refractivity (Wildman–Crippen MR) is 92.4 cm³/mol. The average Bonchev–Trinajstić information content (AvgIpc) is 3.27. The number of fused-ring (bicyclic) bond motifs is 1. The Labute approximate surface area is 155 Å².